The topological polar surface area (TPSA) is 19.6 Å². The molecule has 0 bridgehead atoms. The highest BCUT2D eigenvalue weighted by Gasteiger charge is 2.23. The quantitative estimate of drug-likeness (QED) is 0.136. The maximum atomic E-state index is 6.97. The summed E-state index contributed by atoms with van der Waals surface area (Å²) in [7, 11) is 0. The zero-order valence-corrected chi connectivity index (χ0v) is 47.8. The number of anilines is 6. The van der Waals surface area contributed by atoms with Crippen LogP contribution >= 0.6 is 0 Å². The van der Waals surface area contributed by atoms with Gasteiger partial charge in [-0.15, -0.1) is 0 Å². The highest BCUT2D eigenvalue weighted by molar-refractivity contribution is 6.15. The van der Waals surface area contributed by atoms with E-state index in [0.29, 0.717) is 0 Å². The molecule has 396 valence electrons. The highest BCUT2D eigenvalue weighted by atomic mass is 16.3. The van der Waals surface area contributed by atoms with Crippen LogP contribution < -0.4 is 9.80 Å². The molecule has 0 saturated carbocycles. The van der Waals surface area contributed by atoms with Gasteiger partial charge in [0.2, 0.25) is 0 Å². The molecule has 0 unspecified atom stereocenters. The molecule has 3 nitrogen and oxygen atoms in total. The summed E-state index contributed by atoms with van der Waals surface area (Å²) in [4.78, 5) is 4.82. The van der Waals surface area contributed by atoms with Gasteiger partial charge in [-0.05, 0) is 223 Å². The number of hydrogen-bond donors (Lipinski definition) is 0. The Morgan fingerprint density at radius 2 is 0.741 bits per heavy atom. The standard InChI is InChI=1S/C78H68N2O/c1-51-69-49-75-71(47-61(69)29-43-73(51)79(67-39-31-63(32-40-67)77(3,4)5)65-35-25-55(26-36-65)59-23-15-21-57(45-59)53-17-11-9-12-18-53)72-48-62-30-44-74(52(2)70(62)50-76(72)81-75)80(68-41-33-64(34-42-68)78(6,7)8)66-37-27-56(28-38-66)60-24-16-22-58(46-60)54-19-13-10-14-20-54/h9,11-13,15-50H,10,14H2,1-8H3. The van der Waals surface area contributed by atoms with Gasteiger partial charge in [-0.2, -0.15) is 0 Å². The van der Waals surface area contributed by atoms with Crippen molar-refractivity contribution in [3.63, 3.8) is 0 Å². The Hall–Kier alpha value is -9.18. The van der Waals surface area contributed by atoms with Crippen molar-refractivity contribution in [3.05, 3.63) is 271 Å². The Bertz CT molecular complexity index is 4390. The van der Waals surface area contributed by atoms with Gasteiger partial charge in [0, 0.05) is 44.9 Å². The SMILES string of the molecule is Cc1c(N(c2ccc(-c3cccc(C4=CCCC=C4)c3)cc2)c2ccc(C(C)(C)C)cc2)ccc2cc3c(cc12)oc1cc2c(C)c(N(c4ccc(-c5cccc(-c6ccccc6)c5)cc4)c4ccc(C(C)(C)C)cc4)ccc2cc13. The summed E-state index contributed by atoms with van der Waals surface area (Å²) in [5.41, 5.74) is 23.3. The summed E-state index contributed by atoms with van der Waals surface area (Å²) in [5.74, 6) is 0. The molecule has 81 heavy (non-hydrogen) atoms. The summed E-state index contributed by atoms with van der Waals surface area (Å²) in [5, 5.41) is 6.93. The second-order valence-electron chi connectivity index (χ2n) is 24.2. The number of furan rings is 1. The first-order valence-electron chi connectivity index (χ1n) is 28.7. The average Bonchev–Trinajstić information content (AvgIpc) is 3.96. The van der Waals surface area contributed by atoms with Gasteiger partial charge in [-0.1, -0.05) is 187 Å². The average molecular weight is 1050 g/mol. The Morgan fingerprint density at radius 3 is 1.16 bits per heavy atom. The molecule has 0 atom stereocenters. The molecule has 1 aliphatic rings. The van der Waals surface area contributed by atoms with Crippen LogP contribution in [-0.2, 0) is 10.8 Å². The van der Waals surface area contributed by atoms with Crippen molar-refractivity contribution < 1.29 is 4.42 Å². The molecule has 0 aliphatic heterocycles. The van der Waals surface area contributed by atoms with Crippen molar-refractivity contribution in [1.82, 2.24) is 0 Å². The fourth-order valence-corrected chi connectivity index (χ4v) is 12.1. The molecule has 0 fully saturated rings. The van der Waals surface area contributed by atoms with Gasteiger partial charge in [-0.25, -0.2) is 0 Å². The van der Waals surface area contributed by atoms with Gasteiger partial charge in [0.1, 0.15) is 11.2 Å². The van der Waals surface area contributed by atoms with E-state index in [4.69, 9.17) is 4.42 Å². The van der Waals surface area contributed by atoms with E-state index in [1.165, 1.54) is 88.3 Å². The molecule has 0 saturated heterocycles. The number of fused-ring (bicyclic) bond motifs is 5. The van der Waals surface area contributed by atoms with E-state index in [1.54, 1.807) is 0 Å². The fourth-order valence-electron chi connectivity index (χ4n) is 12.1. The van der Waals surface area contributed by atoms with Crippen molar-refractivity contribution in [1.29, 1.82) is 0 Å². The summed E-state index contributed by atoms with van der Waals surface area (Å²) in [6, 6.07) is 83.1. The predicted molar refractivity (Wildman–Crippen MR) is 348 cm³/mol. The first-order chi connectivity index (χ1) is 39.2. The van der Waals surface area contributed by atoms with Crippen LogP contribution in [0.5, 0.6) is 0 Å². The Morgan fingerprint density at radius 1 is 0.346 bits per heavy atom. The third kappa shape index (κ3) is 9.82. The molecule has 3 heteroatoms. The molecule has 1 aliphatic carbocycles. The van der Waals surface area contributed by atoms with Gasteiger partial charge in [0.25, 0.3) is 0 Å². The van der Waals surface area contributed by atoms with E-state index in [2.05, 4.69) is 308 Å². The van der Waals surface area contributed by atoms with Gasteiger partial charge in [0.15, 0.2) is 0 Å². The lowest BCUT2D eigenvalue weighted by Gasteiger charge is -2.29. The van der Waals surface area contributed by atoms with Crippen molar-refractivity contribution in [2.45, 2.75) is 79.1 Å². The number of allylic oxidation sites excluding steroid dienone is 4. The van der Waals surface area contributed by atoms with E-state index in [-0.39, 0.29) is 10.8 Å². The monoisotopic (exact) mass is 1050 g/mol. The maximum absolute atomic E-state index is 6.97. The first kappa shape index (κ1) is 51.3. The first-order valence-corrected chi connectivity index (χ1v) is 28.7. The summed E-state index contributed by atoms with van der Waals surface area (Å²) in [6.07, 6.45) is 9.09. The van der Waals surface area contributed by atoms with Crippen molar-refractivity contribution in [2.24, 2.45) is 0 Å². The minimum absolute atomic E-state index is 0.0361. The second-order valence-corrected chi connectivity index (χ2v) is 24.2. The molecule has 13 rings (SSSR count). The number of benzene rings is 11. The lowest BCUT2D eigenvalue weighted by molar-refractivity contribution is 0.590. The van der Waals surface area contributed by atoms with Gasteiger partial charge >= 0.3 is 0 Å². The molecule has 1 aromatic heterocycles. The molecule has 1 heterocycles. The van der Waals surface area contributed by atoms with Crippen LogP contribution in [0.2, 0.25) is 0 Å². The highest BCUT2D eigenvalue weighted by Crippen LogP contribution is 2.46. The third-order valence-electron chi connectivity index (χ3n) is 16.8. The summed E-state index contributed by atoms with van der Waals surface area (Å²) in [6.45, 7) is 18.2. The molecule has 11 aromatic carbocycles. The molecule has 0 amide bonds. The Balaban J connectivity index is 0.877. The van der Waals surface area contributed by atoms with Crippen LogP contribution in [0, 0.1) is 13.8 Å². The minimum Gasteiger partial charge on any atom is -0.456 e. The molecule has 0 spiro atoms. The largest absolute Gasteiger partial charge is 0.456 e. The van der Waals surface area contributed by atoms with Crippen LogP contribution in [0.4, 0.5) is 34.1 Å². The van der Waals surface area contributed by atoms with Gasteiger partial charge in [-0.3, -0.25) is 0 Å². The van der Waals surface area contributed by atoms with Crippen LogP contribution in [0.15, 0.2) is 247 Å². The lowest BCUT2D eigenvalue weighted by atomic mass is 9.87. The number of rotatable bonds is 10. The number of nitrogens with zero attached hydrogens (tertiary/aromatic N) is 2. The van der Waals surface area contributed by atoms with E-state index < -0.39 is 0 Å². The normalized spacial score (nSPS) is 12.9. The van der Waals surface area contributed by atoms with E-state index in [0.717, 1.165) is 68.9 Å². The number of hydrogen-bond acceptors (Lipinski definition) is 3. The minimum atomic E-state index is 0.0361. The van der Waals surface area contributed by atoms with Gasteiger partial charge in [0.05, 0.1) is 0 Å². The van der Waals surface area contributed by atoms with Crippen molar-refractivity contribution in [2.75, 3.05) is 9.80 Å². The van der Waals surface area contributed by atoms with Crippen LogP contribution in [0.3, 0.4) is 0 Å². The molecule has 12 aromatic rings. The predicted octanol–water partition coefficient (Wildman–Crippen LogP) is 22.8. The smallest absolute Gasteiger partial charge is 0.136 e. The zero-order chi connectivity index (χ0) is 55.6. The second kappa shape index (κ2) is 20.5. The van der Waals surface area contributed by atoms with E-state index in [1.807, 2.05) is 0 Å². The van der Waals surface area contributed by atoms with Gasteiger partial charge < -0.3 is 14.2 Å². The molecule has 0 radical (unpaired) electrons. The lowest BCUT2D eigenvalue weighted by Crippen LogP contribution is -2.14. The third-order valence-corrected chi connectivity index (χ3v) is 16.8. The Kier molecular flexibility index (Phi) is 13.0. The van der Waals surface area contributed by atoms with E-state index in [9.17, 15) is 0 Å². The fraction of sp³-hybridized carbons (Fsp3) is 0.154. The molecular formula is C78H68N2O. The summed E-state index contributed by atoms with van der Waals surface area (Å²) >= 11 is 0. The zero-order valence-electron chi connectivity index (χ0n) is 47.8. The molecular weight excluding hydrogens is 981 g/mol. The maximum Gasteiger partial charge on any atom is 0.136 e. The Labute approximate surface area is 477 Å². The van der Waals surface area contributed by atoms with Crippen LogP contribution in [0.1, 0.15) is 82.2 Å². The van der Waals surface area contributed by atoms with E-state index >= 15 is 0 Å². The number of aryl methyl sites for hydroxylation is 2. The van der Waals surface area contributed by atoms with Crippen LogP contribution in [-0.4, -0.2) is 0 Å². The van der Waals surface area contributed by atoms with Crippen molar-refractivity contribution >= 4 is 83.2 Å². The molecule has 0 N–H and O–H groups in total. The van der Waals surface area contributed by atoms with Crippen molar-refractivity contribution in [3.8, 4) is 33.4 Å². The van der Waals surface area contributed by atoms with Crippen LogP contribution in [0.25, 0.3) is 82.4 Å². The summed E-state index contributed by atoms with van der Waals surface area (Å²) < 4.78 is 6.97.